The van der Waals surface area contributed by atoms with Crippen LogP contribution < -0.4 is 15.1 Å². The molecule has 7 rings (SSSR count). The molecular weight excluding hydrogens is 663 g/mol. The number of nitrogens with zero attached hydrogens (tertiary/aromatic N) is 3. The van der Waals surface area contributed by atoms with Crippen molar-refractivity contribution in [2.45, 2.75) is 49.6 Å². The Balaban J connectivity index is 1.01. The lowest BCUT2D eigenvalue weighted by Crippen LogP contribution is -2.49. The van der Waals surface area contributed by atoms with Crippen molar-refractivity contribution >= 4 is 69.6 Å². The fourth-order valence-electron chi connectivity index (χ4n) is 7.25. The summed E-state index contributed by atoms with van der Waals surface area (Å²) in [6, 6.07) is 15.4. The lowest BCUT2D eigenvalue weighted by molar-refractivity contribution is -0.139. The van der Waals surface area contributed by atoms with Gasteiger partial charge in [0.25, 0.3) is 5.91 Å². The number of piperidine rings is 1. The van der Waals surface area contributed by atoms with Gasteiger partial charge in [0.15, 0.2) is 0 Å². The van der Waals surface area contributed by atoms with E-state index in [0.29, 0.717) is 28.0 Å². The zero-order valence-electron chi connectivity index (χ0n) is 25.7. The van der Waals surface area contributed by atoms with E-state index in [1.807, 2.05) is 12.1 Å². The van der Waals surface area contributed by atoms with Gasteiger partial charge in [0, 0.05) is 50.0 Å². The Morgan fingerprint density at radius 2 is 1.57 bits per heavy atom. The number of carboxylic acid groups (broad SMARTS) is 1. The quantitative estimate of drug-likeness (QED) is 0.294. The van der Waals surface area contributed by atoms with E-state index in [-0.39, 0.29) is 27.9 Å². The van der Waals surface area contributed by atoms with Crippen LogP contribution in [0, 0.1) is 0 Å². The lowest BCUT2D eigenvalue weighted by atomic mass is 9.98. The zero-order valence-corrected chi connectivity index (χ0v) is 28.0. The van der Waals surface area contributed by atoms with Crippen LogP contribution in [0.4, 0.5) is 17.1 Å². The first-order chi connectivity index (χ1) is 22.7. The maximum absolute atomic E-state index is 13.5. The van der Waals surface area contributed by atoms with Crippen LogP contribution in [-0.4, -0.2) is 79.3 Å². The van der Waals surface area contributed by atoms with Crippen LogP contribution in [0.2, 0.25) is 15.1 Å². The van der Waals surface area contributed by atoms with Gasteiger partial charge in [-0.1, -0.05) is 59.1 Å². The number of hydrogen-bond acceptors (Lipinski definition) is 6. The van der Waals surface area contributed by atoms with Crippen LogP contribution >= 0.6 is 34.8 Å². The molecule has 12 heteroatoms. The topological polar surface area (TPSA) is 102 Å². The molecule has 1 aliphatic carbocycles. The van der Waals surface area contributed by atoms with Gasteiger partial charge in [-0.25, -0.2) is 4.79 Å². The first kappa shape index (κ1) is 32.2. The Labute approximate surface area is 288 Å². The van der Waals surface area contributed by atoms with E-state index < -0.39 is 23.3 Å². The SMILES string of the molecule is O=C(NC(Cc1ccc(N2C(=O)C3(CC3)c3cccc(Cl)c32)cc1)C(=O)O)c1c(Cl)cc(N2CCC(N3CCOCC3)CC2)cc1Cl. The Morgan fingerprint density at radius 1 is 0.915 bits per heavy atom. The molecule has 2 N–H and O–H groups in total. The number of halogens is 3. The number of fused-ring (bicyclic) bond motifs is 2. The van der Waals surface area contributed by atoms with Gasteiger partial charge < -0.3 is 20.1 Å². The number of amides is 2. The van der Waals surface area contributed by atoms with Crippen molar-refractivity contribution in [1.82, 2.24) is 10.2 Å². The molecule has 0 aromatic heterocycles. The first-order valence-electron chi connectivity index (χ1n) is 16.0. The number of rotatable bonds is 8. The Morgan fingerprint density at radius 3 is 2.19 bits per heavy atom. The highest BCUT2D eigenvalue weighted by molar-refractivity contribution is 6.40. The molecule has 246 valence electrons. The number of carbonyl (C=O) groups excluding carboxylic acids is 2. The van der Waals surface area contributed by atoms with Crippen molar-refractivity contribution < 1.29 is 24.2 Å². The third kappa shape index (κ3) is 6.08. The molecule has 3 heterocycles. The van der Waals surface area contributed by atoms with Crippen LogP contribution in [0.3, 0.4) is 0 Å². The van der Waals surface area contributed by atoms with E-state index in [2.05, 4.69) is 15.1 Å². The van der Waals surface area contributed by atoms with Gasteiger partial charge in [0.2, 0.25) is 5.91 Å². The maximum Gasteiger partial charge on any atom is 0.326 e. The Hall–Kier alpha value is -3.34. The van der Waals surface area contributed by atoms with Gasteiger partial charge in [0.1, 0.15) is 6.04 Å². The highest BCUT2D eigenvalue weighted by Gasteiger charge is 2.60. The van der Waals surface area contributed by atoms with Gasteiger partial charge >= 0.3 is 5.97 Å². The first-order valence-corrected chi connectivity index (χ1v) is 17.1. The summed E-state index contributed by atoms with van der Waals surface area (Å²) in [5.74, 6) is -1.85. The molecule has 3 fully saturated rings. The molecule has 47 heavy (non-hydrogen) atoms. The number of carboxylic acids is 1. The number of nitrogens with one attached hydrogen (secondary N) is 1. The molecule has 1 unspecified atom stereocenters. The van der Waals surface area contributed by atoms with Crippen LogP contribution in [0.25, 0.3) is 0 Å². The summed E-state index contributed by atoms with van der Waals surface area (Å²) in [4.78, 5) is 45.4. The lowest BCUT2D eigenvalue weighted by Gasteiger charge is -2.41. The van der Waals surface area contributed by atoms with Gasteiger partial charge in [-0.15, -0.1) is 0 Å². The zero-order chi connectivity index (χ0) is 32.9. The third-order valence-electron chi connectivity index (χ3n) is 9.97. The highest BCUT2D eigenvalue weighted by Crippen LogP contribution is 2.60. The van der Waals surface area contributed by atoms with Crippen molar-refractivity contribution in [3.63, 3.8) is 0 Å². The third-order valence-corrected chi connectivity index (χ3v) is 10.9. The summed E-state index contributed by atoms with van der Waals surface area (Å²) in [5.41, 5.74) is 3.35. The number of para-hydroxylation sites is 1. The molecule has 1 spiro atoms. The molecule has 0 bridgehead atoms. The highest BCUT2D eigenvalue weighted by atomic mass is 35.5. The molecule has 1 saturated carbocycles. The molecule has 3 aliphatic heterocycles. The van der Waals surface area contributed by atoms with Crippen molar-refractivity contribution in [3.8, 4) is 0 Å². The normalized spacial score (nSPS) is 19.9. The number of aliphatic carboxylic acids is 1. The summed E-state index contributed by atoms with van der Waals surface area (Å²) in [7, 11) is 0. The van der Waals surface area contributed by atoms with Crippen molar-refractivity contribution in [2.24, 2.45) is 0 Å². The molecule has 4 aliphatic rings. The molecule has 9 nitrogen and oxygen atoms in total. The average molecular weight is 698 g/mol. The summed E-state index contributed by atoms with van der Waals surface area (Å²) in [6.07, 6.45) is 3.61. The van der Waals surface area contributed by atoms with Gasteiger partial charge in [-0.3, -0.25) is 19.4 Å². The van der Waals surface area contributed by atoms with Gasteiger partial charge in [0.05, 0.1) is 44.9 Å². The molecule has 1 atom stereocenters. The molecule has 0 radical (unpaired) electrons. The van der Waals surface area contributed by atoms with Crippen LogP contribution in [0.5, 0.6) is 0 Å². The van der Waals surface area contributed by atoms with Crippen LogP contribution in [-0.2, 0) is 26.2 Å². The smallest absolute Gasteiger partial charge is 0.326 e. The summed E-state index contributed by atoms with van der Waals surface area (Å²) in [5, 5.41) is 13.4. The molecule has 2 saturated heterocycles. The monoisotopic (exact) mass is 696 g/mol. The van der Waals surface area contributed by atoms with Crippen molar-refractivity contribution in [1.29, 1.82) is 0 Å². The summed E-state index contributed by atoms with van der Waals surface area (Å²) in [6.45, 7) is 5.14. The van der Waals surface area contributed by atoms with Gasteiger partial charge in [-0.05, 0) is 67.1 Å². The van der Waals surface area contributed by atoms with Crippen molar-refractivity contribution in [2.75, 3.05) is 49.2 Å². The predicted molar refractivity (Wildman–Crippen MR) is 183 cm³/mol. The molecule has 3 aromatic rings. The van der Waals surface area contributed by atoms with Gasteiger partial charge in [-0.2, -0.15) is 0 Å². The van der Waals surface area contributed by atoms with E-state index in [1.165, 1.54) is 0 Å². The van der Waals surface area contributed by atoms with Crippen LogP contribution in [0.1, 0.15) is 47.2 Å². The van der Waals surface area contributed by atoms with E-state index in [4.69, 9.17) is 39.5 Å². The minimum Gasteiger partial charge on any atom is -0.480 e. The summed E-state index contributed by atoms with van der Waals surface area (Å²) >= 11 is 19.7. The molecular formula is C35H35Cl3N4O5. The average Bonchev–Trinajstić information content (AvgIpc) is 3.84. The number of carbonyl (C=O) groups is 3. The van der Waals surface area contributed by atoms with Crippen LogP contribution in [0.15, 0.2) is 54.6 Å². The number of benzene rings is 3. The Bertz CT molecular complexity index is 1690. The minimum absolute atomic E-state index is 0.00118. The number of hydrogen-bond donors (Lipinski definition) is 2. The van der Waals surface area contributed by atoms with E-state index in [0.717, 1.165) is 76.3 Å². The Kier molecular flexibility index (Phi) is 8.87. The largest absolute Gasteiger partial charge is 0.480 e. The number of anilines is 3. The fraction of sp³-hybridized carbons (Fsp3) is 0.400. The van der Waals surface area contributed by atoms with E-state index in [9.17, 15) is 19.5 Å². The second-order valence-electron chi connectivity index (χ2n) is 12.7. The maximum atomic E-state index is 13.5. The standard InChI is InChI=1S/C35H35Cl3N4O5/c36-26-3-1-2-25-31(26)42(34(46)35(25)10-11-35)23-6-4-21(5-7-23)18-29(33(44)45)39-32(43)30-27(37)19-24(20-28(30)38)40-12-8-22(9-13-40)41-14-16-47-17-15-41/h1-7,19-20,22,29H,8-18H2,(H,39,43)(H,44,45). The number of morpholine rings is 1. The minimum atomic E-state index is -1.24. The second kappa shape index (κ2) is 12.9. The predicted octanol–water partition coefficient (Wildman–Crippen LogP) is 6.08. The second-order valence-corrected chi connectivity index (χ2v) is 14.0. The molecule has 3 aromatic carbocycles. The molecule has 2 amide bonds. The van der Waals surface area contributed by atoms with E-state index >= 15 is 0 Å². The van der Waals surface area contributed by atoms with E-state index in [1.54, 1.807) is 47.4 Å². The fourth-order valence-corrected chi connectivity index (χ4v) is 8.16. The van der Waals surface area contributed by atoms with Crippen molar-refractivity contribution in [3.05, 3.63) is 86.4 Å². The number of ether oxygens (including phenoxy) is 1. The summed E-state index contributed by atoms with van der Waals surface area (Å²) < 4.78 is 5.49.